The first-order valence-corrected chi connectivity index (χ1v) is 8.47. The van der Waals surface area contributed by atoms with E-state index in [4.69, 9.17) is 0 Å². The van der Waals surface area contributed by atoms with Crippen molar-refractivity contribution >= 4 is 5.91 Å². The fourth-order valence-electron chi connectivity index (χ4n) is 3.87. The monoisotopic (exact) mass is 307 g/mol. The van der Waals surface area contributed by atoms with E-state index in [1.165, 1.54) is 24.0 Å². The first-order chi connectivity index (χ1) is 11.3. The van der Waals surface area contributed by atoms with Crippen LogP contribution in [-0.2, 0) is 24.1 Å². The summed E-state index contributed by atoms with van der Waals surface area (Å²) in [6.45, 7) is 0.824. The van der Waals surface area contributed by atoms with Crippen LogP contribution < -0.4 is 0 Å². The number of likely N-dealkylation sites (tertiary alicyclic amines) is 1. The van der Waals surface area contributed by atoms with Crippen molar-refractivity contribution in [2.75, 3.05) is 6.54 Å². The van der Waals surface area contributed by atoms with E-state index >= 15 is 0 Å². The van der Waals surface area contributed by atoms with Gasteiger partial charge in [-0.15, -0.1) is 0 Å². The second kappa shape index (κ2) is 6.11. The normalized spacial score (nSPS) is 19.8. The van der Waals surface area contributed by atoms with Crippen LogP contribution in [0.15, 0.2) is 36.8 Å². The molecule has 1 aromatic carbocycles. The standard InChI is InChI=1S/C19H21N3O/c23-19(12-14-6-7-15-3-1-4-16(15)11-14)22-10-2-5-18(22)17-13-20-8-9-21-17/h6-9,11,13,18H,1-5,10,12H2/t18-/m0/s1. The lowest BCUT2D eigenvalue weighted by Gasteiger charge is -2.24. The average Bonchev–Trinajstić information content (AvgIpc) is 3.24. The van der Waals surface area contributed by atoms with Crippen molar-refractivity contribution in [3.05, 3.63) is 59.2 Å². The van der Waals surface area contributed by atoms with E-state index in [1.807, 2.05) is 4.90 Å². The van der Waals surface area contributed by atoms with E-state index in [9.17, 15) is 4.79 Å². The number of hydrogen-bond donors (Lipinski definition) is 0. The van der Waals surface area contributed by atoms with E-state index in [1.54, 1.807) is 18.6 Å². The van der Waals surface area contributed by atoms with Gasteiger partial charge >= 0.3 is 0 Å². The summed E-state index contributed by atoms with van der Waals surface area (Å²) in [4.78, 5) is 23.3. The molecule has 0 N–H and O–H groups in total. The summed E-state index contributed by atoms with van der Waals surface area (Å²) in [5.74, 6) is 0.205. The average molecular weight is 307 g/mol. The van der Waals surface area contributed by atoms with E-state index in [2.05, 4.69) is 28.2 Å². The van der Waals surface area contributed by atoms with Crippen molar-refractivity contribution in [2.45, 2.75) is 44.6 Å². The third-order valence-electron chi connectivity index (χ3n) is 5.02. The summed E-state index contributed by atoms with van der Waals surface area (Å²) in [6.07, 6.45) is 11.3. The number of fused-ring (bicyclic) bond motifs is 1. The number of amides is 1. The van der Waals surface area contributed by atoms with Crippen LogP contribution in [0, 0.1) is 0 Å². The number of benzene rings is 1. The molecule has 2 aliphatic rings. The van der Waals surface area contributed by atoms with Crippen molar-refractivity contribution in [3.63, 3.8) is 0 Å². The molecule has 1 aromatic heterocycles. The van der Waals surface area contributed by atoms with Gasteiger partial charge in [0.15, 0.2) is 0 Å². The number of carbonyl (C=O) groups excluding carboxylic acids is 1. The second-order valence-corrected chi connectivity index (χ2v) is 6.51. The minimum atomic E-state index is 0.0885. The molecule has 1 amide bonds. The molecule has 118 valence electrons. The number of aryl methyl sites for hydroxylation is 2. The maximum atomic E-state index is 12.8. The van der Waals surface area contributed by atoms with Crippen LogP contribution in [-0.4, -0.2) is 27.3 Å². The van der Waals surface area contributed by atoms with Crippen LogP contribution in [0.4, 0.5) is 0 Å². The van der Waals surface area contributed by atoms with Crippen LogP contribution in [0.25, 0.3) is 0 Å². The number of nitrogens with zero attached hydrogens (tertiary/aromatic N) is 3. The van der Waals surface area contributed by atoms with Gasteiger partial charge < -0.3 is 4.90 Å². The van der Waals surface area contributed by atoms with Gasteiger partial charge in [-0.25, -0.2) is 0 Å². The van der Waals surface area contributed by atoms with Crippen LogP contribution in [0.1, 0.15) is 47.7 Å². The molecule has 1 aliphatic heterocycles. The molecule has 0 radical (unpaired) electrons. The third-order valence-corrected chi connectivity index (χ3v) is 5.02. The molecule has 2 heterocycles. The molecule has 0 bridgehead atoms. The number of carbonyl (C=O) groups is 1. The quantitative estimate of drug-likeness (QED) is 0.876. The van der Waals surface area contributed by atoms with Crippen molar-refractivity contribution in [1.29, 1.82) is 0 Å². The molecule has 1 saturated heterocycles. The summed E-state index contributed by atoms with van der Waals surface area (Å²) in [5, 5.41) is 0. The fourth-order valence-corrected chi connectivity index (χ4v) is 3.87. The highest BCUT2D eigenvalue weighted by Crippen LogP contribution is 2.31. The number of hydrogen-bond acceptors (Lipinski definition) is 3. The maximum Gasteiger partial charge on any atom is 0.227 e. The smallest absolute Gasteiger partial charge is 0.227 e. The SMILES string of the molecule is O=C(Cc1ccc2c(c1)CCC2)N1CCC[C@H]1c1cnccn1. The molecule has 4 rings (SSSR count). The molecular formula is C19H21N3O. The van der Waals surface area contributed by atoms with Crippen LogP contribution >= 0.6 is 0 Å². The van der Waals surface area contributed by atoms with Crippen LogP contribution in [0.3, 0.4) is 0 Å². The number of aromatic nitrogens is 2. The molecule has 0 unspecified atom stereocenters. The zero-order chi connectivity index (χ0) is 15.6. The van der Waals surface area contributed by atoms with Gasteiger partial charge in [0.25, 0.3) is 0 Å². The Morgan fingerprint density at radius 3 is 2.96 bits per heavy atom. The van der Waals surface area contributed by atoms with Gasteiger partial charge in [0.05, 0.1) is 24.4 Å². The van der Waals surface area contributed by atoms with Gasteiger partial charge in [-0.1, -0.05) is 18.2 Å². The highest BCUT2D eigenvalue weighted by molar-refractivity contribution is 5.79. The number of rotatable bonds is 3. The molecule has 0 saturated carbocycles. The minimum Gasteiger partial charge on any atom is -0.334 e. The van der Waals surface area contributed by atoms with Gasteiger partial charge in [0, 0.05) is 18.9 Å². The summed E-state index contributed by atoms with van der Waals surface area (Å²) >= 11 is 0. The van der Waals surface area contributed by atoms with E-state index in [0.29, 0.717) is 6.42 Å². The van der Waals surface area contributed by atoms with Crippen molar-refractivity contribution in [3.8, 4) is 0 Å². The minimum absolute atomic E-state index is 0.0885. The Bertz CT molecular complexity index is 714. The van der Waals surface area contributed by atoms with E-state index in [0.717, 1.165) is 37.1 Å². The molecule has 0 spiro atoms. The highest BCUT2D eigenvalue weighted by Gasteiger charge is 2.30. The molecule has 4 nitrogen and oxygen atoms in total. The zero-order valence-corrected chi connectivity index (χ0v) is 13.2. The second-order valence-electron chi connectivity index (χ2n) is 6.51. The molecule has 2 aromatic rings. The zero-order valence-electron chi connectivity index (χ0n) is 13.2. The summed E-state index contributed by atoms with van der Waals surface area (Å²) < 4.78 is 0. The lowest BCUT2D eigenvalue weighted by molar-refractivity contribution is -0.131. The molecule has 1 atom stereocenters. The Morgan fingerprint density at radius 2 is 2.09 bits per heavy atom. The maximum absolute atomic E-state index is 12.8. The van der Waals surface area contributed by atoms with Crippen molar-refractivity contribution < 1.29 is 4.79 Å². The van der Waals surface area contributed by atoms with Gasteiger partial charge in [-0.2, -0.15) is 0 Å². The summed E-state index contributed by atoms with van der Waals surface area (Å²) in [5.41, 5.74) is 4.94. The first-order valence-electron chi connectivity index (χ1n) is 8.47. The van der Waals surface area contributed by atoms with Crippen molar-refractivity contribution in [2.24, 2.45) is 0 Å². The Hall–Kier alpha value is -2.23. The highest BCUT2D eigenvalue weighted by atomic mass is 16.2. The lowest BCUT2D eigenvalue weighted by atomic mass is 10.0. The lowest BCUT2D eigenvalue weighted by Crippen LogP contribution is -2.32. The topological polar surface area (TPSA) is 46.1 Å². The summed E-state index contributed by atoms with van der Waals surface area (Å²) in [6, 6.07) is 6.64. The third kappa shape index (κ3) is 2.85. The van der Waals surface area contributed by atoms with Gasteiger partial charge in [-0.05, 0) is 48.8 Å². The molecule has 23 heavy (non-hydrogen) atoms. The first kappa shape index (κ1) is 14.4. The fraction of sp³-hybridized carbons (Fsp3) is 0.421. The molecule has 4 heteroatoms. The molecule has 1 fully saturated rings. The predicted molar refractivity (Wildman–Crippen MR) is 87.9 cm³/mol. The Morgan fingerprint density at radius 1 is 1.17 bits per heavy atom. The van der Waals surface area contributed by atoms with Gasteiger partial charge in [0.1, 0.15) is 0 Å². The van der Waals surface area contributed by atoms with Crippen molar-refractivity contribution in [1.82, 2.24) is 14.9 Å². The van der Waals surface area contributed by atoms with E-state index < -0.39 is 0 Å². The molecular weight excluding hydrogens is 286 g/mol. The Kier molecular flexibility index (Phi) is 3.82. The van der Waals surface area contributed by atoms with E-state index in [-0.39, 0.29) is 11.9 Å². The van der Waals surface area contributed by atoms with Gasteiger partial charge in [0.2, 0.25) is 5.91 Å². The summed E-state index contributed by atoms with van der Waals surface area (Å²) in [7, 11) is 0. The largest absolute Gasteiger partial charge is 0.334 e. The predicted octanol–water partition coefficient (Wildman–Crippen LogP) is 2.87. The Balaban J connectivity index is 1.50. The van der Waals surface area contributed by atoms with Crippen LogP contribution in [0.5, 0.6) is 0 Å². The van der Waals surface area contributed by atoms with Gasteiger partial charge in [-0.3, -0.25) is 14.8 Å². The Labute approximate surface area is 136 Å². The van der Waals surface area contributed by atoms with Crippen LogP contribution in [0.2, 0.25) is 0 Å². The molecule has 1 aliphatic carbocycles.